The summed E-state index contributed by atoms with van der Waals surface area (Å²) in [6, 6.07) is 3.76. The fourth-order valence-electron chi connectivity index (χ4n) is 3.24. The van der Waals surface area contributed by atoms with E-state index in [1.54, 1.807) is 0 Å². The van der Waals surface area contributed by atoms with Gasteiger partial charge in [0.2, 0.25) is 0 Å². The number of carbonyl (C=O) groups excluding carboxylic acids is 1. The second-order valence-corrected chi connectivity index (χ2v) is 9.32. The predicted octanol–water partition coefficient (Wildman–Crippen LogP) is 5.05. The van der Waals surface area contributed by atoms with Gasteiger partial charge >= 0.3 is 0 Å². The van der Waals surface area contributed by atoms with E-state index in [0.29, 0.717) is 11.5 Å². The van der Waals surface area contributed by atoms with E-state index in [-0.39, 0.29) is 23.0 Å². The average molecular weight is 346 g/mol. The van der Waals surface area contributed by atoms with Crippen LogP contribution in [0.1, 0.15) is 76.9 Å². The first-order chi connectivity index (χ1) is 11.4. The molecule has 0 bridgehead atoms. The smallest absolute Gasteiger partial charge is 0.172 e. The number of nitrogens with zero attached hydrogens (tertiary/aromatic N) is 1. The number of carbonyl (C=O) groups is 1. The Morgan fingerprint density at radius 2 is 1.64 bits per heavy atom. The zero-order valence-electron chi connectivity index (χ0n) is 17.2. The lowest BCUT2D eigenvalue weighted by Gasteiger charge is -2.44. The highest BCUT2D eigenvalue weighted by molar-refractivity contribution is 6.02. The fraction of sp³-hybridized carbons (Fsp3) is 0.682. The van der Waals surface area contributed by atoms with Crippen LogP contribution in [0.3, 0.4) is 0 Å². The molecular weight excluding hydrogens is 310 g/mol. The van der Waals surface area contributed by atoms with Crippen molar-refractivity contribution in [1.29, 1.82) is 0 Å². The van der Waals surface area contributed by atoms with Crippen molar-refractivity contribution in [1.82, 2.24) is 4.90 Å². The summed E-state index contributed by atoms with van der Waals surface area (Å²) in [5.74, 6) is 0.933. The summed E-state index contributed by atoms with van der Waals surface area (Å²) in [4.78, 5) is 15.4. The van der Waals surface area contributed by atoms with Gasteiger partial charge in [-0.1, -0.05) is 41.5 Å². The van der Waals surface area contributed by atoms with Crippen LogP contribution in [-0.4, -0.2) is 27.9 Å². The number of phenols is 1. The van der Waals surface area contributed by atoms with Gasteiger partial charge in [0.1, 0.15) is 5.75 Å². The van der Waals surface area contributed by atoms with Crippen molar-refractivity contribution in [3.8, 4) is 5.75 Å². The molecule has 0 amide bonds. The Morgan fingerprint density at radius 1 is 1.04 bits per heavy atom. The van der Waals surface area contributed by atoms with Gasteiger partial charge in [-0.05, 0) is 55.4 Å². The summed E-state index contributed by atoms with van der Waals surface area (Å²) < 4.78 is 0. The summed E-state index contributed by atoms with van der Waals surface area (Å²) in [5.41, 5.74) is 2.47. The molecule has 1 aliphatic rings. The highest BCUT2D eigenvalue weighted by atomic mass is 16.3. The molecular formula is C22H35NO2. The van der Waals surface area contributed by atoms with E-state index in [1.807, 2.05) is 26.0 Å². The molecule has 0 saturated heterocycles. The molecule has 0 unspecified atom stereocenters. The molecule has 1 heterocycles. The maximum Gasteiger partial charge on any atom is 0.172 e. The molecule has 0 spiro atoms. The zero-order chi connectivity index (χ0) is 19.2. The first-order valence-electron chi connectivity index (χ1n) is 9.53. The van der Waals surface area contributed by atoms with Gasteiger partial charge in [0.15, 0.2) is 5.78 Å². The minimum atomic E-state index is -0.480. The lowest BCUT2D eigenvalue weighted by atomic mass is 9.74. The molecule has 1 aromatic rings. The number of hydrogen-bond donors (Lipinski definition) is 1. The second-order valence-electron chi connectivity index (χ2n) is 9.32. The third-order valence-electron chi connectivity index (χ3n) is 6.83. The second kappa shape index (κ2) is 6.75. The summed E-state index contributed by atoms with van der Waals surface area (Å²) in [7, 11) is 0. The standard InChI is InChI=1S/C22H35NO2/c1-14(2)21(5,6)20(25)18-11-16-9-10-23(22(7,8)15(3)4)13-17(16)12-19(18)24/h11-12,14-15,24H,9-10,13H2,1-8H3. The van der Waals surface area contributed by atoms with Gasteiger partial charge in [-0.25, -0.2) is 0 Å². The summed E-state index contributed by atoms with van der Waals surface area (Å²) >= 11 is 0. The van der Waals surface area contributed by atoms with Gasteiger partial charge in [-0.15, -0.1) is 0 Å². The van der Waals surface area contributed by atoms with E-state index >= 15 is 0 Å². The first-order valence-corrected chi connectivity index (χ1v) is 9.53. The van der Waals surface area contributed by atoms with E-state index in [4.69, 9.17) is 0 Å². The Bertz CT molecular complexity index is 656. The van der Waals surface area contributed by atoms with Crippen molar-refractivity contribution < 1.29 is 9.90 Å². The van der Waals surface area contributed by atoms with Crippen molar-refractivity contribution >= 4 is 5.78 Å². The Hall–Kier alpha value is -1.35. The van der Waals surface area contributed by atoms with Gasteiger partial charge in [0.25, 0.3) is 0 Å². The third-order valence-corrected chi connectivity index (χ3v) is 6.83. The summed E-state index contributed by atoms with van der Waals surface area (Å²) in [6.07, 6.45) is 0.925. The zero-order valence-corrected chi connectivity index (χ0v) is 17.2. The molecule has 1 aliphatic heterocycles. The lowest BCUT2D eigenvalue weighted by Crippen LogP contribution is -2.49. The number of phenolic OH excluding ortho intramolecular Hbond substituents is 1. The van der Waals surface area contributed by atoms with Gasteiger partial charge in [0, 0.05) is 24.0 Å². The minimum absolute atomic E-state index is 0.0349. The molecule has 2 rings (SSSR count). The quantitative estimate of drug-likeness (QED) is 0.759. The Labute approximate surface area is 153 Å². The number of Topliss-reactive ketones (excluding diaryl/α,β-unsaturated/α-hetero) is 1. The summed E-state index contributed by atoms with van der Waals surface area (Å²) in [5, 5.41) is 10.5. The molecule has 3 heteroatoms. The molecule has 25 heavy (non-hydrogen) atoms. The van der Waals surface area contributed by atoms with Gasteiger partial charge in [-0.2, -0.15) is 0 Å². The van der Waals surface area contributed by atoms with Gasteiger partial charge < -0.3 is 5.11 Å². The lowest BCUT2D eigenvalue weighted by molar-refractivity contribution is 0.0630. The average Bonchev–Trinajstić information content (AvgIpc) is 2.52. The van der Waals surface area contributed by atoms with E-state index < -0.39 is 5.41 Å². The minimum Gasteiger partial charge on any atom is -0.507 e. The largest absolute Gasteiger partial charge is 0.507 e. The number of rotatable bonds is 5. The van der Waals surface area contributed by atoms with Crippen LogP contribution in [0.15, 0.2) is 12.1 Å². The molecule has 1 N–H and O–H groups in total. The molecule has 1 aromatic carbocycles. The van der Waals surface area contributed by atoms with Crippen molar-refractivity contribution in [2.24, 2.45) is 17.3 Å². The van der Waals surface area contributed by atoms with Crippen LogP contribution in [0.2, 0.25) is 0 Å². The Balaban J connectivity index is 2.35. The van der Waals surface area contributed by atoms with Crippen LogP contribution in [-0.2, 0) is 13.0 Å². The number of benzene rings is 1. The molecule has 0 saturated carbocycles. The van der Waals surface area contributed by atoms with Crippen LogP contribution >= 0.6 is 0 Å². The van der Waals surface area contributed by atoms with Crippen molar-refractivity contribution in [3.63, 3.8) is 0 Å². The monoisotopic (exact) mass is 345 g/mol. The van der Waals surface area contributed by atoms with Gasteiger partial charge in [-0.3, -0.25) is 9.69 Å². The van der Waals surface area contributed by atoms with Crippen LogP contribution < -0.4 is 0 Å². The Morgan fingerprint density at radius 3 is 2.16 bits per heavy atom. The van der Waals surface area contributed by atoms with Crippen molar-refractivity contribution in [2.45, 2.75) is 73.9 Å². The highest BCUT2D eigenvalue weighted by Gasteiger charge is 2.36. The first kappa shape index (κ1) is 20.0. The maximum absolute atomic E-state index is 13.0. The molecule has 3 nitrogen and oxygen atoms in total. The third kappa shape index (κ3) is 3.62. The molecule has 0 atom stereocenters. The molecule has 0 radical (unpaired) electrons. The predicted molar refractivity (Wildman–Crippen MR) is 104 cm³/mol. The number of hydrogen-bond acceptors (Lipinski definition) is 3. The van der Waals surface area contributed by atoms with Gasteiger partial charge in [0.05, 0.1) is 5.56 Å². The number of ketones is 1. The van der Waals surface area contributed by atoms with Crippen LogP contribution in [0, 0.1) is 17.3 Å². The molecule has 0 aromatic heterocycles. The van der Waals surface area contributed by atoms with E-state index in [2.05, 4.69) is 46.4 Å². The SMILES string of the molecule is CC(C)C(C)(C)C(=O)c1cc2c(cc1O)CN(C(C)(C)C(C)C)CC2. The maximum atomic E-state index is 13.0. The number of aromatic hydroxyl groups is 1. The Kier molecular flexibility index (Phi) is 5.39. The highest BCUT2D eigenvalue weighted by Crippen LogP contribution is 2.37. The normalized spacial score (nSPS) is 16.4. The van der Waals surface area contributed by atoms with Crippen molar-refractivity contribution in [3.05, 3.63) is 28.8 Å². The van der Waals surface area contributed by atoms with Crippen LogP contribution in [0.4, 0.5) is 0 Å². The molecule has 0 aliphatic carbocycles. The van der Waals surface area contributed by atoms with E-state index in [1.165, 1.54) is 5.56 Å². The van der Waals surface area contributed by atoms with Crippen LogP contribution in [0.5, 0.6) is 5.75 Å². The van der Waals surface area contributed by atoms with Crippen LogP contribution in [0.25, 0.3) is 0 Å². The molecule has 140 valence electrons. The topological polar surface area (TPSA) is 40.5 Å². The number of fused-ring (bicyclic) bond motifs is 1. The van der Waals surface area contributed by atoms with E-state index in [0.717, 1.165) is 25.1 Å². The van der Waals surface area contributed by atoms with Crippen molar-refractivity contribution in [2.75, 3.05) is 6.54 Å². The van der Waals surface area contributed by atoms with E-state index in [9.17, 15) is 9.90 Å². The fourth-order valence-corrected chi connectivity index (χ4v) is 3.24. The molecule has 0 fully saturated rings. The summed E-state index contributed by atoms with van der Waals surface area (Å²) in [6.45, 7) is 18.9.